The van der Waals surface area contributed by atoms with Gasteiger partial charge in [-0.3, -0.25) is 0 Å². The maximum absolute atomic E-state index is 5.90. The Kier molecular flexibility index (Phi) is 2.33. The Bertz CT molecular complexity index is 332. The van der Waals surface area contributed by atoms with Gasteiger partial charge in [0, 0.05) is 20.2 Å². The van der Waals surface area contributed by atoms with Crippen LogP contribution in [0.3, 0.4) is 0 Å². The fourth-order valence-electron chi connectivity index (χ4n) is 1.71. The van der Waals surface area contributed by atoms with E-state index in [4.69, 9.17) is 10.5 Å². The molecule has 0 amide bonds. The summed E-state index contributed by atoms with van der Waals surface area (Å²) in [6.07, 6.45) is 0.370. The molecule has 1 saturated heterocycles. The molecule has 0 aromatic heterocycles. The third kappa shape index (κ3) is 1.55. The molecular formula is C11H16N2O. The van der Waals surface area contributed by atoms with Crippen LogP contribution in [0.25, 0.3) is 0 Å². The van der Waals surface area contributed by atoms with Crippen LogP contribution < -0.4 is 10.6 Å². The van der Waals surface area contributed by atoms with Crippen molar-refractivity contribution < 1.29 is 4.74 Å². The highest BCUT2D eigenvalue weighted by Crippen LogP contribution is 2.28. The Morgan fingerprint density at radius 3 is 2.79 bits per heavy atom. The predicted octanol–water partition coefficient (Wildman–Crippen LogP) is 1.41. The molecule has 2 N–H and O–H groups in total. The molecule has 14 heavy (non-hydrogen) atoms. The number of methoxy groups -OCH3 is 1. The van der Waals surface area contributed by atoms with Gasteiger partial charge in [-0.15, -0.1) is 0 Å². The number of ether oxygens (including phenoxy) is 1. The van der Waals surface area contributed by atoms with Crippen molar-refractivity contribution in [2.75, 3.05) is 30.8 Å². The van der Waals surface area contributed by atoms with E-state index in [2.05, 4.69) is 17.9 Å². The average Bonchev–Trinajstić information content (AvgIpc) is 2.09. The molecule has 0 unspecified atom stereocenters. The number of anilines is 2. The number of nitrogens with two attached hydrogens (primary N) is 1. The van der Waals surface area contributed by atoms with E-state index in [1.54, 1.807) is 7.11 Å². The van der Waals surface area contributed by atoms with Gasteiger partial charge < -0.3 is 15.4 Å². The van der Waals surface area contributed by atoms with Crippen molar-refractivity contribution in [1.82, 2.24) is 0 Å². The molecule has 1 aromatic carbocycles. The first-order valence-corrected chi connectivity index (χ1v) is 4.84. The molecule has 1 heterocycles. The van der Waals surface area contributed by atoms with Gasteiger partial charge in [-0.05, 0) is 24.6 Å². The molecule has 0 atom stereocenters. The van der Waals surface area contributed by atoms with Gasteiger partial charge in [-0.2, -0.15) is 0 Å². The van der Waals surface area contributed by atoms with E-state index in [0.717, 1.165) is 24.5 Å². The number of benzene rings is 1. The molecule has 2 rings (SSSR count). The number of aryl methyl sites for hydroxylation is 1. The van der Waals surface area contributed by atoms with E-state index in [1.165, 1.54) is 5.56 Å². The van der Waals surface area contributed by atoms with Crippen molar-refractivity contribution in [2.24, 2.45) is 0 Å². The fourth-order valence-corrected chi connectivity index (χ4v) is 1.71. The smallest absolute Gasteiger partial charge is 0.0920 e. The molecule has 0 spiro atoms. The van der Waals surface area contributed by atoms with Crippen molar-refractivity contribution in [3.63, 3.8) is 0 Å². The number of rotatable bonds is 2. The second-order valence-electron chi connectivity index (χ2n) is 3.82. The maximum Gasteiger partial charge on any atom is 0.0920 e. The van der Waals surface area contributed by atoms with E-state index >= 15 is 0 Å². The molecule has 0 saturated carbocycles. The lowest BCUT2D eigenvalue weighted by atomic mass is 10.1. The SMILES string of the molecule is COC1CN(c2cc(C)ccc2N)C1. The van der Waals surface area contributed by atoms with Crippen molar-refractivity contribution in [3.05, 3.63) is 23.8 Å². The first-order chi connectivity index (χ1) is 6.70. The van der Waals surface area contributed by atoms with Crippen molar-refractivity contribution in [2.45, 2.75) is 13.0 Å². The highest BCUT2D eigenvalue weighted by molar-refractivity contribution is 5.69. The van der Waals surface area contributed by atoms with Crippen LogP contribution in [0.5, 0.6) is 0 Å². The molecule has 1 fully saturated rings. The second-order valence-corrected chi connectivity index (χ2v) is 3.82. The topological polar surface area (TPSA) is 38.5 Å². The van der Waals surface area contributed by atoms with Crippen LogP contribution in [-0.4, -0.2) is 26.3 Å². The van der Waals surface area contributed by atoms with Crippen LogP contribution in [0, 0.1) is 6.92 Å². The van der Waals surface area contributed by atoms with Crippen LogP contribution in [0.15, 0.2) is 18.2 Å². The highest BCUT2D eigenvalue weighted by Gasteiger charge is 2.27. The normalized spacial score (nSPS) is 16.9. The summed E-state index contributed by atoms with van der Waals surface area (Å²) in [7, 11) is 1.75. The summed E-state index contributed by atoms with van der Waals surface area (Å²) < 4.78 is 5.23. The minimum atomic E-state index is 0.370. The summed E-state index contributed by atoms with van der Waals surface area (Å²) in [5, 5.41) is 0. The summed E-state index contributed by atoms with van der Waals surface area (Å²) in [5.74, 6) is 0. The first-order valence-electron chi connectivity index (χ1n) is 4.84. The molecule has 3 nitrogen and oxygen atoms in total. The predicted molar refractivity (Wildman–Crippen MR) is 58.6 cm³/mol. The molecule has 1 aromatic rings. The van der Waals surface area contributed by atoms with Gasteiger partial charge in [0.15, 0.2) is 0 Å². The van der Waals surface area contributed by atoms with Gasteiger partial charge in [0.1, 0.15) is 0 Å². The molecule has 3 heteroatoms. The lowest BCUT2D eigenvalue weighted by Crippen LogP contribution is -2.52. The van der Waals surface area contributed by atoms with Crippen LogP contribution in [0.2, 0.25) is 0 Å². The van der Waals surface area contributed by atoms with Gasteiger partial charge in [0.25, 0.3) is 0 Å². The van der Waals surface area contributed by atoms with E-state index in [0.29, 0.717) is 6.10 Å². The third-order valence-corrected chi connectivity index (χ3v) is 2.71. The van der Waals surface area contributed by atoms with Gasteiger partial charge in [0.2, 0.25) is 0 Å². The zero-order chi connectivity index (χ0) is 10.1. The number of hydrogen-bond acceptors (Lipinski definition) is 3. The quantitative estimate of drug-likeness (QED) is 0.720. The standard InChI is InChI=1S/C11H16N2O/c1-8-3-4-10(12)11(5-8)13-6-9(7-13)14-2/h3-5,9H,6-7,12H2,1-2H3. The molecule has 0 bridgehead atoms. The molecule has 0 radical (unpaired) electrons. The Hall–Kier alpha value is -1.22. The van der Waals surface area contributed by atoms with Crippen molar-refractivity contribution in [3.8, 4) is 0 Å². The Morgan fingerprint density at radius 2 is 2.14 bits per heavy atom. The fraction of sp³-hybridized carbons (Fsp3) is 0.455. The van der Waals surface area contributed by atoms with Gasteiger partial charge in [0.05, 0.1) is 17.5 Å². The van der Waals surface area contributed by atoms with Crippen molar-refractivity contribution >= 4 is 11.4 Å². The highest BCUT2D eigenvalue weighted by atomic mass is 16.5. The Labute approximate surface area is 84.5 Å². The van der Waals surface area contributed by atoms with Crippen LogP contribution in [-0.2, 0) is 4.74 Å². The van der Waals surface area contributed by atoms with E-state index in [9.17, 15) is 0 Å². The van der Waals surface area contributed by atoms with E-state index in [1.807, 2.05) is 12.1 Å². The van der Waals surface area contributed by atoms with Crippen LogP contribution >= 0.6 is 0 Å². The number of nitrogens with zero attached hydrogens (tertiary/aromatic N) is 1. The summed E-state index contributed by atoms with van der Waals surface area (Å²) in [6, 6.07) is 6.12. The minimum Gasteiger partial charge on any atom is -0.397 e. The largest absolute Gasteiger partial charge is 0.397 e. The summed E-state index contributed by atoms with van der Waals surface area (Å²) >= 11 is 0. The van der Waals surface area contributed by atoms with Crippen LogP contribution in [0.4, 0.5) is 11.4 Å². The zero-order valence-electron chi connectivity index (χ0n) is 8.66. The monoisotopic (exact) mass is 192 g/mol. The molecular weight excluding hydrogens is 176 g/mol. The van der Waals surface area contributed by atoms with Crippen LogP contribution in [0.1, 0.15) is 5.56 Å². The Morgan fingerprint density at radius 1 is 1.43 bits per heavy atom. The molecule has 0 aliphatic carbocycles. The zero-order valence-corrected chi connectivity index (χ0v) is 8.66. The van der Waals surface area contributed by atoms with E-state index < -0.39 is 0 Å². The summed E-state index contributed by atoms with van der Waals surface area (Å²) in [6.45, 7) is 3.98. The summed E-state index contributed by atoms with van der Waals surface area (Å²) in [4.78, 5) is 2.25. The second kappa shape index (κ2) is 3.50. The maximum atomic E-state index is 5.90. The lowest BCUT2D eigenvalue weighted by Gasteiger charge is -2.40. The molecule has 1 aliphatic rings. The first kappa shape index (κ1) is 9.34. The minimum absolute atomic E-state index is 0.370. The van der Waals surface area contributed by atoms with Gasteiger partial charge >= 0.3 is 0 Å². The molecule has 76 valence electrons. The van der Waals surface area contributed by atoms with Gasteiger partial charge in [-0.1, -0.05) is 6.07 Å². The van der Waals surface area contributed by atoms with Gasteiger partial charge in [-0.25, -0.2) is 0 Å². The average molecular weight is 192 g/mol. The Balaban J connectivity index is 2.13. The van der Waals surface area contributed by atoms with Crippen molar-refractivity contribution in [1.29, 1.82) is 0 Å². The molecule has 1 aliphatic heterocycles. The third-order valence-electron chi connectivity index (χ3n) is 2.71. The van der Waals surface area contributed by atoms with E-state index in [-0.39, 0.29) is 0 Å². The lowest BCUT2D eigenvalue weighted by molar-refractivity contribution is 0.0788. The number of hydrogen-bond donors (Lipinski definition) is 1. The summed E-state index contributed by atoms with van der Waals surface area (Å²) in [5.41, 5.74) is 9.14. The number of nitrogen functional groups attached to an aromatic ring is 1.